The van der Waals surface area contributed by atoms with Gasteiger partial charge in [0, 0.05) is 42.0 Å². The molecule has 0 atom stereocenters. The van der Waals surface area contributed by atoms with Crippen molar-refractivity contribution in [1.82, 2.24) is 9.88 Å². The Hall–Kier alpha value is -2.31. The number of carbonyl (C=O) groups is 1. The highest BCUT2D eigenvalue weighted by Crippen LogP contribution is 2.29. The molecule has 31 heavy (non-hydrogen) atoms. The van der Waals surface area contributed by atoms with Crippen LogP contribution < -0.4 is 4.74 Å². The minimum Gasteiger partial charge on any atom is -0.490 e. The maximum Gasteiger partial charge on any atom is 0.254 e. The third-order valence-electron chi connectivity index (χ3n) is 5.67. The zero-order valence-corrected chi connectivity index (χ0v) is 19.9. The first-order valence-electron chi connectivity index (χ1n) is 10.7. The van der Waals surface area contributed by atoms with E-state index in [1.54, 1.807) is 23.1 Å². The second-order valence-corrected chi connectivity index (χ2v) is 10.1. The fourth-order valence-electron chi connectivity index (χ4n) is 3.72. The van der Waals surface area contributed by atoms with Crippen molar-refractivity contribution in [2.75, 3.05) is 13.1 Å². The fourth-order valence-corrected chi connectivity index (χ4v) is 5.38. The molecule has 0 bridgehead atoms. The molecule has 2 aromatic carbocycles. The van der Waals surface area contributed by atoms with Gasteiger partial charge in [-0.3, -0.25) is 4.79 Å². The standard InChI is InChI=1S/C25H28N2O2S2/c1-17-8-9-22(14-18(17)2)29-21-10-12-27(13-11-21)25(28)23-6-4-5-7-24(23)31-16-20-15-30-19(3)26-20/h4-9,14-15,21H,10-13,16H2,1-3H3. The van der Waals surface area contributed by atoms with Crippen LogP contribution in [0.1, 0.15) is 45.0 Å². The fraction of sp³-hybridized carbons (Fsp3) is 0.360. The van der Waals surface area contributed by atoms with Crippen LogP contribution in [0.25, 0.3) is 0 Å². The van der Waals surface area contributed by atoms with E-state index >= 15 is 0 Å². The van der Waals surface area contributed by atoms with Gasteiger partial charge in [0.2, 0.25) is 0 Å². The van der Waals surface area contributed by atoms with E-state index < -0.39 is 0 Å². The number of benzene rings is 2. The van der Waals surface area contributed by atoms with Gasteiger partial charge in [-0.25, -0.2) is 4.98 Å². The van der Waals surface area contributed by atoms with Crippen molar-refractivity contribution in [3.05, 3.63) is 75.2 Å². The molecule has 3 aromatic rings. The van der Waals surface area contributed by atoms with Crippen LogP contribution in [-0.4, -0.2) is 35.0 Å². The number of rotatable bonds is 6. The summed E-state index contributed by atoms with van der Waals surface area (Å²) in [6.45, 7) is 7.67. The molecule has 0 aliphatic carbocycles. The van der Waals surface area contributed by atoms with E-state index in [-0.39, 0.29) is 12.0 Å². The molecule has 0 saturated carbocycles. The molecule has 162 valence electrons. The molecule has 0 radical (unpaired) electrons. The van der Waals surface area contributed by atoms with Crippen molar-refractivity contribution < 1.29 is 9.53 Å². The maximum absolute atomic E-state index is 13.2. The van der Waals surface area contributed by atoms with Crippen LogP contribution >= 0.6 is 23.1 Å². The van der Waals surface area contributed by atoms with Crippen molar-refractivity contribution >= 4 is 29.0 Å². The molecule has 1 aromatic heterocycles. The Balaban J connectivity index is 1.35. The number of hydrogen-bond donors (Lipinski definition) is 0. The van der Waals surface area contributed by atoms with Gasteiger partial charge in [0.25, 0.3) is 5.91 Å². The largest absolute Gasteiger partial charge is 0.490 e. The third kappa shape index (κ3) is 5.49. The number of hydrogen-bond acceptors (Lipinski definition) is 5. The van der Waals surface area contributed by atoms with Gasteiger partial charge in [-0.15, -0.1) is 23.1 Å². The predicted octanol–water partition coefficient (Wildman–Crippen LogP) is 6.04. The molecule has 4 rings (SSSR count). The predicted molar refractivity (Wildman–Crippen MR) is 128 cm³/mol. The Morgan fingerprint density at radius 3 is 2.61 bits per heavy atom. The molecule has 1 saturated heterocycles. The van der Waals surface area contributed by atoms with Crippen molar-refractivity contribution in [2.45, 2.75) is 50.4 Å². The number of aryl methyl sites for hydroxylation is 3. The number of thiazole rings is 1. The van der Waals surface area contributed by atoms with E-state index in [1.807, 2.05) is 42.2 Å². The molecular formula is C25H28N2O2S2. The normalized spacial score (nSPS) is 14.6. The lowest BCUT2D eigenvalue weighted by Crippen LogP contribution is -2.42. The molecule has 1 aliphatic heterocycles. The number of carbonyl (C=O) groups excluding carboxylic acids is 1. The average molecular weight is 453 g/mol. The van der Waals surface area contributed by atoms with Gasteiger partial charge in [0.05, 0.1) is 16.3 Å². The van der Waals surface area contributed by atoms with Gasteiger partial charge in [-0.2, -0.15) is 0 Å². The lowest BCUT2D eigenvalue weighted by Gasteiger charge is -2.32. The summed E-state index contributed by atoms with van der Waals surface area (Å²) in [5.74, 6) is 1.81. The van der Waals surface area contributed by atoms with Crippen LogP contribution in [0.4, 0.5) is 0 Å². The molecule has 6 heteroatoms. The zero-order chi connectivity index (χ0) is 21.8. The van der Waals surface area contributed by atoms with Crippen molar-refractivity contribution in [3.8, 4) is 5.75 Å². The summed E-state index contributed by atoms with van der Waals surface area (Å²) in [5.41, 5.74) is 4.37. The summed E-state index contributed by atoms with van der Waals surface area (Å²) < 4.78 is 6.19. The van der Waals surface area contributed by atoms with Crippen LogP contribution in [0.15, 0.2) is 52.7 Å². The topological polar surface area (TPSA) is 42.4 Å². The van der Waals surface area contributed by atoms with Gasteiger partial charge in [0.15, 0.2) is 0 Å². The molecule has 2 heterocycles. The third-order valence-corrected chi connectivity index (χ3v) is 7.60. The Morgan fingerprint density at radius 2 is 1.90 bits per heavy atom. The molecule has 1 fully saturated rings. The summed E-state index contributed by atoms with van der Waals surface area (Å²) in [6, 6.07) is 14.2. The molecule has 0 unspecified atom stereocenters. The maximum atomic E-state index is 13.2. The van der Waals surface area contributed by atoms with E-state index in [0.29, 0.717) is 0 Å². The lowest BCUT2D eigenvalue weighted by atomic mass is 10.1. The number of piperidine rings is 1. The summed E-state index contributed by atoms with van der Waals surface area (Å²) in [5, 5.41) is 3.17. The molecular weight excluding hydrogens is 424 g/mol. The summed E-state index contributed by atoms with van der Waals surface area (Å²) >= 11 is 3.35. The molecule has 0 spiro atoms. The highest BCUT2D eigenvalue weighted by atomic mass is 32.2. The molecule has 4 nitrogen and oxygen atoms in total. The zero-order valence-electron chi connectivity index (χ0n) is 18.3. The van der Waals surface area contributed by atoms with E-state index in [9.17, 15) is 4.79 Å². The van der Waals surface area contributed by atoms with Crippen LogP contribution in [-0.2, 0) is 5.75 Å². The highest BCUT2D eigenvalue weighted by Gasteiger charge is 2.26. The second kappa shape index (κ2) is 9.88. The van der Waals surface area contributed by atoms with Crippen LogP contribution in [0.5, 0.6) is 5.75 Å². The van der Waals surface area contributed by atoms with Gasteiger partial charge in [-0.05, 0) is 56.2 Å². The smallest absolute Gasteiger partial charge is 0.254 e. The molecule has 0 N–H and O–H groups in total. The average Bonchev–Trinajstić information content (AvgIpc) is 3.20. The SMILES string of the molecule is Cc1nc(CSc2ccccc2C(=O)N2CCC(Oc3ccc(C)c(C)c3)CC2)cs1. The second-order valence-electron chi connectivity index (χ2n) is 8.00. The van der Waals surface area contributed by atoms with Gasteiger partial charge < -0.3 is 9.64 Å². The van der Waals surface area contributed by atoms with Gasteiger partial charge >= 0.3 is 0 Å². The number of aromatic nitrogens is 1. The first kappa shape index (κ1) is 21.9. The molecule has 1 aliphatic rings. The summed E-state index contributed by atoms with van der Waals surface area (Å²) in [7, 11) is 0. The van der Waals surface area contributed by atoms with Crippen molar-refractivity contribution in [1.29, 1.82) is 0 Å². The number of likely N-dealkylation sites (tertiary alicyclic amines) is 1. The summed E-state index contributed by atoms with van der Waals surface area (Å²) in [6.07, 6.45) is 1.86. The number of amides is 1. The highest BCUT2D eigenvalue weighted by molar-refractivity contribution is 7.98. The first-order chi connectivity index (χ1) is 15.0. The Labute approximate surface area is 192 Å². The van der Waals surface area contributed by atoms with E-state index in [4.69, 9.17) is 4.74 Å². The Morgan fingerprint density at radius 1 is 1.13 bits per heavy atom. The van der Waals surface area contributed by atoms with Crippen molar-refractivity contribution in [2.24, 2.45) is 0 Å². The quantitative estimate of drug-likeness (QED) is 0.427. The molecule has 1 amide bonds. The van der Waals surface area contributed by atoms with E-state index in [0.717, 1.165) is 58.6 Å². The van der Waals surface area contributed by atoms with Gasteiger partial charge in [-0.1, -0.05) is 18.2 Å². The van der Waals surface area contributed by atoms with Crippen LogP contribution in [0, 0.1) is 20.8 Å². The Kier molecular flexibility index (Phi) is 6.98. The van der Waals surface area contributed by atoms with Crippen LogP contribution in [0.2, 0.25) is 0 Å². The number of nitrogens with zero attached hydrogens (tertiary/aromatic N) is 2. The van der Waals surface area contributed by atoms with Gasteiger partial charge in [0.1, 0.15) is 11.9 Å². The minimum absolute atomic E-state index is 0.113. The van der Waals surface area contributed by atoms with Crippen molar-refractivity contribution in [3.63, 3.8) is 0 Å². The first-order valence-corrected chi connectivity index (χ1v) is 12.5. The Bertz CT molecular complexity index is 1060. The minimum atomic E-state index is 0.113. The monoisotopic (exact) mass is 452 g/mol. The van der Waals surface area contributed by atoms with E-state index in [2.05, 4.69) is 36.3 Å². The van der Waals surface area contributed by atoms with E-state index in [1.165, 1.54) is 11.1 Å². The summed E-state index contributed by atoms with van der Waals surface area (Å²) in [4.78, 5) is 20.8. The lowest BCUT2D eigenvalue weighted by molar-refractivity contribution is 0.0592. The number of ether oxygens (including phenoxy) is 1. The number of thioether (sulfide) groups is 1. The van der Waals surface area contributed by atoms with Crippen LogP contribution in [0.3, 0.4) is 0 Å².